The SMILES string of the molecule is Cc1nc(-c2ccc3c(c2)OCCO3)sc1CCN. The van der Waals surface area contributed by atoms with Crippen LogP contribution in [0.5, 0.6) is 11.5 Å². The molecule has 1 aromatic carbocycles. The number of nitrogens with zero attached hydrogens (tertiary/aromatic N) is 1. The van der Waals surface area contributed by atoms with Gasteiger partial charge in [-0.05, 0) is 38.1 Å². The molecule has 4 nitrogen and oxygen atoms in total. The van der Waals surface area contributed by atoms with Crippen molar-refractivity contribution in [3.8, 4) is 22.1 Å². The standard InChI is InChI=1S/C14H16N2O2S/c1-9-13(4-5-15)19-14(16-9)10-2-3-11-12(8-10)18-7-6-17-11/h2-3,8H,4-7,15H2,1H3. The zero-order valence-corrected chi connectivity index (χ0v) is 11.6. The summed E-state index contributed by atoms with van der Waals surface area (Å²) in [7, 11) is 0. The van der Waals surface area contributed by atoms with Gasteiger partial charge in [0, 0.05) is 10.4 Å². The van der Waals surface area contributed by atoms with Crippen molar-refractivity contribution in [2.75, 3.05) is 19.8 Å². The number of nitrogens with two attached hydrogens (primary N) is 1. The average Bonchev–Trinajstić information content (AvgIpc) is 2.80. The molecule has 2 aromatic rings. The van der Waals surface area contributed by atoms with E-state index in [2.05, 4.69) is 4.98 Å². The molecular weight excluding hydrogens is 260 g/mol. The van der Waals surface area contributed by atoms with Gasteiger partial charge in [0.05, 0.1) is 5.69 Å². The molecule has 0 spiro atoms. The van der Waals surface area contributed by atoms with E-state index in [0.717, 1.165) is 34.2 Å². The summed E-state index contributed by atoms with van der Waals surface area (Å²) >= 11 is 1.70. The van der Waals surface area contributed by atoms with Crippen molar-refractivity contribution in [2.45, 2.75) is 13.3 Å². The Morgan fingerprint density at radius 1 is 1.26 bits per heavy atom. The van der Waals surface area contributed by atoms with Crippen LogP contribution in [-0.4, -0.2) is 24.7 Å². The number of fused-ring (bicyclic) bond motifs is 1. The molecule has 5 heteroatoms. The van der Waals surface area contributed by atoms with E-state index < -0.39 is 0 Å². The van der Waals surface area contributed by atoms with Crippen molar-refractivity contribution in [2.24, 2.45) is 5.73 Å². The number of benzene rings is 1. The number of thiazole rings is 1. The lowest BCUT2D eigenvalue weighted by molar-refractivity contribution is 0.171. The van der Waals surface area contributed by atoms with Gasteiger partial charge in [0.2, 0.25) is 0 Å². The predicted octanol–water partition coefficient (Wildman–Crippen LogP) is 2.39. The van der Waals surface area contributed by atoms with Gasteiger partial charge in [-0.1, -0.05) is 0 Å². The molecule has 100 valence electrons. The number of hydrogen-bond acceptors (Lipinski definition) is 5. The molecule has 0 saturated carbocycles. The van der Waals surface area contributed by atoms with E-state index in [1.165, 1.54) is 4.88 Å². The Hall–Kier alpha value is -1.59. The fourth-order valence-corrected chi connectivity index (χ4v) is 3.16. The van der Waals surface area contributed by atoms with Crippen LogP contribution in [0, 0.1) is 6.92 Å². The van der Waals surface area contributed by atoms with Gasteiger partial charge in [0.1, 0.15) is 18.2 Å². The van der Waals surface area contributed by atoms with Crippen LogP contribution in [0.1, 0.15) is 10.6 Å². The molecule has 2 heterocycles. The fraction of sp³-hybridized carbons (Fsp3) is 0.357. The average molecular weight is 276 g/mol. The quantitative estimate of drug-likeness (QED) is 0.935. The van der Waals surface area contributed by atoms with Crippen LogP contribution >= 0.6 is 11.3 Å². The first-order chi connectivity index (χ1) is 9.28. The van der Waals surface area contributed by atoms with Crippen LogP contribution in [0.2, 0.25) is 0 Å². The molecule has 0 aliphatic carbocycles. The van der Waals surface area contributed by atoms with E-state index in [4.69, 9.17) is 15.2 Å². The third-order valence-corrected chi connectivity index (χ3v) is 4.32. The van der Waals surface area contributed by atoms with Gasteiger partial charge in [-0.2, -0.15) is 0 Å². The van der Waals surface area contributed by atoms with E-state index >= 15 is 0 Å². The van der Waals surface area contributed by atoms with Crippen LogP contribution in [0.25, 0.3) is 10.6 Å². The van der Waals surface area contributed by atoms with E-state index in [1.54, 1.807) is 11.3 Å². The number of ether oxygens (including phenoxy) is 2. The van der Waals surface area contributed by atoms with Crippen molar-refractivity contribution in [3.05, 3.63) is 28.8 Å². The lowest BCUT2D eigenvalue weighted by Gasteiger charge is -2.18. The molecule has 0 atom stereocenters. The molecule has 0 radical (unpaired) electrons. The molecule has 1 aromatic heterocycles. The smallest absolute Gasteiger partial charge is 0.162 e. The minimum Gasteiger partial charge on any atom is -0.486 e. The largest absolute Gasteiger partial charge is 0.486 e. The van der Waals surface area contributed by atoms with Crippen LogP contribution in [0.4, 0.5) is 0 Å². The van der Waals surface area contributed by atoms with E-state index in [-0.39, 0.29) is 0 Å². The Balaban J connectivity index is 1.95. The molecule has 0 bridgehead atoms. The fourth-order valence-electron chi connectivity index (χ4n) is 2.09. The second kappa shape index (κ2) is 5.19. The summed E-state index contributed by atoms with van der Waals surface area (Å²) in [6.45, 7) is 3.90. The number of aryl methyl sites for hydroxylation is 1. The maximum absolute atomic E-state index is 5.61. The zero-order chi connectivity index (χ0) is 13.2. The van der Waals surface area contributed by atoms with Crippen LogP contribution in [0.15, 0.2) is 18.2 Å². The molecule has 3 rings (SSSR count). The summed E-state index contributed by atoms with van der Waals surface area (Å²) in [4.78, 5) is 5.87. The predicted molar refractivity (Wildman–Crippen MR) is 76.0 cm³/mol. The molecular formula is C14H16N2O2S. The normalized spacial score (nSPS) is 13.6. The summed E-state index contributed by atoms with van der Waals surface area (Å²) in [5, 5.41) is 1.01. The highest BCUT2D eigenvalue weighted by atomic mass is 32.1. The van der Waals surface area contributed by atoms with Gasteiger partial charge < -0.3 is 15.2 Å². The second-order valence-electron chi connectivity index (χ2n) is 4.42. The first kappa shape index (κ1) is 12.4. The van der Waals surface area contributed by atoms with Gasteiger partial charge in [0.15, 0.2) is 11.5 Å². The third-order valence-electron chi connectivity index (χ3n) is 3.05. The van der Waals surface area contributed by atoms with Gasteiger partial charge in [-0.15, -0.1) is 11.3 Å². The second-order valence-corrected chi connectivity index (χ2v) is 5.51. The molecule has 0 unspecified atom stereocenters. The van der Waals surface area contributed by atoms with E-state index in [0.29, 0.717) is 19.8 Å². The Bertz CT molecular complexity index is 595. The van der Waals surface area contributed by atoms with Crippen LogP contribution in [-0.2, 0) is 6.42 Å². The van der Waals surface area contributed by atoms with Crippen LogP contribution in [0.3, 0.4) is 0 Å². The number of aromatic nitrogens is 1. The Labute approximate surface area is 116 Å². The summed E-state index contributed by atoms with van der Waals surface area (Å²) < 4.78 is 11.1. The summed E-state index contributed by atoms with van der Waals surface area (Å²) in [6.07, 6.45) is 0.883. The third kappa shape index (κ3) is 2.43. The summed E-state index contributed by atoms with van der Waals surface area (Å²) in [5.74, 6) is 1.61. The maximum atomic E-state index is 5.61. The number of rotatable bonds is 3. The Kier molecular flexibility index (Phi) is 3.40. The molecule has 2 N–H and O–H groups in total. The van der Waals surface area contributed by atoms with Crippen molar-refractivity contribution in [3.63, 3.8) is 0 Å². The van der Waals surface area contributed by atoms with Crippen LogP contribution < -0.4 is 15.2 Å². The monoisotopic (exact) mass is 276 g/mol. The first-order valence-electron chi connectivity index (χ1n) is 6.34. The molecule has 0 saturated heterocycles. The number of hydrogen-bond donors (Lipinski definition) is 1. The minimum atomic E-state index is 0.603. The van der Waals surface area contributed by atoms with E-state index in [9.17, 15) is 0 Å². The Morgan fingerprint density at radius 3 is 2.84 bits per heavy atom. The molecule has 0 fully saturated rings. The first-order valence-corrected chi connectivity index (χ1v) is 7.16. The highest BCUT2D eigenvalue weighted by molar-refractivity contribution is 7.15. The molecule has 19 heavy (non-hydrogen) atoms. The van der Waals surface area contributed by atoms with Gasteiger partial charge in [0.25, 0.3) is 0 Å². The zero-order valence-electron chi connectivity index (χ0n) is 10.8. The minimum absolute atomic E-state index is 0.603. The lowest BCUT2D eigenvalue weighted by Crippen LogP contribution is -2.15. The summed E-state index contributed by atoms with van der Waals surface area (Å²) in [5.41, 5.74) is 7.75. The van der Waals surface area contributed by atoms with Gasteiger partial charge in [-0.3, -0.25) is 0 Å². The molecule has 1 aliphatic rings. The Morgan fingerprint density at radius 2 is 2.05 bits per heavy atom. The molecule has 0 amide bonds. The summed E-state index contributed by atoms with van der Waals surface area (Å²) in [6, 6.07) is 5.97. The maximum Gasteiger partial charge on any atom is 0.162 e. The van der Waals surface area contributed by atoms with Crippen molar-refractivity contribution < 1.29 is 9.47 Å². The van der Waals surface area contributed by atoms with Crippen molar-refractivity contribution >= 4 is 11.3 Å². The van der Waals surface area contributed by atoms with Gasteiger partial charge in [-0.25, -0.2) is 4.98 Å². The highest BCUT2D eigenvalue weighted by Gasteiger charge is 2.15. The van der Waals surface area contributed by atoms with Crippen molar-refractivity contribution in [1.82, 2.24) is 4.98 Å². The molecule has 1 aliphatic heterocycles. The van der Waals surface area contributed by atoms with E-state index in [1.807, 2.05) is 25.1 Å². The van der Waals surface area contributed by atoms with Crippen molar-refractivity contribution in [1.29, 1.82) is 0 Å². The lowest BCUT2D eigenvalue weighted by atomic mass is 10.2. The topological polar surface area (TPSA) is 57.4 Å². The van der Waals surface area contributed by atoms with Gasteiger partial charge >= 0.3 is 0 Å². The highest BCUT2D eigenvalue weighted by Crippen LogP contribution is 2.36.